The Balaban J connectivity index is 1.88. The number of hydrogen-bond acceptors (Lipinski definition) is 3. The lowest BCUT2D eigenvalue weighted by Gasteiger charge is -2.17. The zero-order valence-electron chi connectivity index (χ0n) is 8.56. The van der Waals surface area contributed by atoms with Gasteiger partial charge in [-0.2, -0.15) is 11.3 Å². The van der Waals surface area contributed by atoms with Gasteiger partial charge in [-0.05, 0) is 35.2 Å². The molecule has 3 nitrogen and oxygen atoms in total. The molecule has 1 unspecified atom stereocenters. The number of amides is 1. The van der Waals surface area contributed by atoms with Gasteiger partial charge in [0.2, 0.25) is 5.91 Å². The van der Waals surface area contributed by atoms with Crippen molar-refractivity contribution in [2.75, 3.05) is 13.1 Å². The molecule has 2 heterocycles. The summed E-state index contributed by atoms with van der Waals surface area (Å²) in [5, 5.41) is 13.6. The van der Waals surface area contributed by atoms with Crippen LogP contribution >= 0.6 is 11.3 Å². The van der Waals surface area contributed by atoms with Crippen molar-refractivity contribution < 1.29 is 9.90 Å². The molecule has 1 atom stereocenters. The average Bonchev–Trinajstić information content (AvgIpc) is 2.91. The highest BCUT2D eigenvalue weighted by Crippen LogP contribution is 2.21. The third-order valence-corrected chi connectivity index (χ3v) is 3.46. The number of thiophene rings is 1. The van der Waals surface area contributed by atoms with Crippen molar-refractivity contribution >= 4 is 17.2 Å². The van der Waals surface area contributed by atoms with Crippen LogP contribution in [0.1, 0.15) is 30.9 Å². The first-order chi connectivity index (χ1) is 7.27. The van der Waals surface area contributed by atoms with Crippen LogP contribution in [0.4, 0.5) is 0 Å². The largest absolute Gasteiger partial charge is 0.388 e. The fourth-order valence-corrected chi connectivity index (χ4v) is 2.55. The zero-order chi connectivity index (χ0) is 10.7. The molecule has 1 aliphatic heterocycles. The number of aliphatic hydroxyl groups is 1. The van der Waals surface area contributed by atoms with E-state index in [0.717, 1.165) is 31.5 Å². The molecule has 1 aromatic heterocycles. The SMILES string of the molecule is O=C(CC(O)c1ccsc1)N1CCCC1. The van der Waals surface area contributed by atoms with E-state index in [2.05, 4.69) is 0 Å². The van der Waals surface area contributed by atoms with Gasteiger partial charge < -0.3 is 10.0 Å². The van der Waals surface area contributed by atoms with Gasteiger partial charge in [0.15, 0.2) is 0 Å². The van der Waals surface area contributed by atoms with Gasteiger partial charge in [-0.15, -0.1) is 0 Å². The molecular formula is C11H15NO2S. The second-order valence-corrected chi connectivity index (χ2v) is 4.64. The van der Waals surface area contributed by atoms with Gasteiger partial charge in [0.05, 0.1) is 12.5 Å². The van der Waals surface area contributed by atoms with E-state index in [1.165, 1.54) is 0 Å². The number of hydrogen-bond donors (Lipinski definition) is 1. The molecule has 1 amide bonds. The van der Waals surface area contributed by atoms with Crippen LogP contribution in [-0.4, -0.2) is 29.0 Å². The number of carbonyl (C=O) groups excluding carboxylic acids is 1. The Hall–Kier alpha value is -0.870. The van der Waals surface area contributed by atoms with Crippen LogP contribution in [0.2, 0.25) is 0 Å². The molecular weight excluding hydrogens is 210 g/mol. The number of aliphatic hydroxyl groups excluding tert-OH is 1. The second kappa shape index (κ2) is 4.77. The molecule has 0 radical (unpaired) electrons. The molecule has 1 N–H and O–H groups in total. The van der Waals surface area contributed by atoms with Gasteiger partial charge in [0.1, 0.15) is 0 Å². The van der Waals surface area contributed by atoms with Crippen molar-refractivity contribution in [3.8, 4) is 0 Å². The molecule has 15 heavy (non-hydrogen) atoms. The van der Waals surface area contributed by atoms with Crippen molar-refractivity contribution in [1.29, 1.82) is 0 Å². The molecule has 0 aromatic carbocycles. The Kier molecular flexibility index (Phi) is 3.38. The number of likely N-dealkylation sites (tertiary alicyclic amines) is 1. The number of carbonyl (C=O) groups is 1. The highest BCUT2D eigenvalue weighted by Gasteiger charge is 2.21. The lowest BCUT2D eigenvalue weighted by molar-refractivity contribution is -0.132. The van der Waals surface area contributed by atoms with Gasteiger partial charge in [-0.1, -0.05) is 0 Å². The first-order valence-electron chi connectivity index (χ1n) is 5.25. The molecule has 1 fully saturated rings. The molecule has 0 aliphatic carbocycles. The van der Waals surface area contributed by atoms with E-state index in [0.29, 0.717) is 0 Å². The van der Waals surface area contributed by atoms with Crippen molar-refractivity contribution in [2.45, 2.75) is 25.4 Å². The minimum atomic E-state index is -0.635. The Morgan fingerprint density at radius 2 is 2.27 bits per heavy atom. The standard InChI is InChI=1S/C11H15NO2S/c13-10(9-3-6-15-8-9)7-11(14)12-4-1-2-5-12/h3,6,8,10,13H,1-2,4-5,7H2. The Morgan fingerprint density at radius 3 is 2.87 bits per heavy atom. The Bertz CT molecular complexity index is 317. The first-order valence-corrected chi connectivity index (χ1v) is 6.19. The number of nitrogens with zero attached hydrogens (tertiary/aromatic N) is 1. The Labute approximate surface area is 93.3 Å². The summed E-state index contributed by atoms with van der Waals surface area (Å²) in [6.07, 6.45) is 1.78. The molecule has 0 saturated carbocycles. The van der Waals surface area contributed by atoms with Crippen molar-refractivity contribution in [3.05, 3.63) is 22.4 Å². The van der Waals surface area contributed by atoms with Crippen LogP contribution in [0.25, 0.3) is 0 Å². The molecule has 82 valence electrons. The lowest BCUT2D eigenvalue weighted by Crippen LogP contribution is -2.28. The Morgan fingerprint density at radius 1 is 1.53 bits per heavy atom. The predicted molar refractivity (Wildman–Crippen MR) is 59.7 cm³/mol. The van der Waals surface area contributed by atoms with Crippen LogP contribution in [0.15, 0.2) is 16.8 Å². The maximum atomic E-state index is 11.7. The number of rotatable bonds is 3. The summed E-state index contributed by atoms with van der Waals surface area (Å²) in [6.45, 7) is 1.71. The highest BCUT2D eigenvalue weighted by molar-refractivity contribution is 7.07. The monoisotopic (exact) mass is 225 g/mol. The van der Waals surface area contributed by atoms with Gasteiger partial charge in [0.25, 0.3) is 0 Å². The van der Waals surface area contributed by atoms with Crippen LogP contribution in [0.3, 0.4) is 0 Å². The summed E-state index contributed by atoms with van der Waals surface area (Å²) in [4.78, 5) is 13.6. The molecule has 1 aliphatic rings. The minimum absolute atomic E-state index is 0.0752. The zero-order valence-corrected chi connectivity index (χ0v) is 9.37. The van der Waals surface area contributed by atoms with Crippen LogP contribution in [0.5, 0.6) is 0 Å². The summed E-state index contributed by atoms with van der Waals surface area (Å²) in [5.74, 6) is 0.0752. The molecule has 4 heteroatoms. The topological polar surface area (TPSA) is 40.5 Å². The molecule has 1 saturated heterocycles. The molecule has 0 spiro atoms. The quantitative estimate of drug-likeness (QED) is 0.852. The van der Waals surface area contributed by atoms with Gasteiger partial charge in [-0.25, -0.2) is 0 Å². The predicted octanol–water partition coefficient (Wildman–Crippen LogP) is 1.79. The molecule has 2 rings (SSSR count). The van der Waals surface area contributed by atoms with Crippen molar-refractivity contribution in [3.63, 3.8) is 0 Å². The first kappa shape index (κ1) is 10.6. The van der Waals surface area contributed by atoms with Crippen LogP contribution < -0.4 is 0 Å². The maximum absolute atomic E-state index is 11.7. The summed E-state index contributed by atoms with van der Waals surface area (Å²) in [5.41, 5.74) is 0.854. The van der Waals surface area contributed by atoms with E-state index < -0.39 is 6.10 Å². The summed E-state index contributed by atoms with van der Waals surface area (Å²) in [6, 6.07) is 1.87. The normalized spacial score (nSPS) is 18.1. The third kappa shape index (κ3) is 2.58. The van der Waals surface area contributed by atoms with E-state index in [4.69, 9.17) is 0 Å². The van der Waals surface area contributed by atoms with E-state index in [-0.39, 0.29) is 12.3 Å². The lowest BCUT2D eigenvalue weighted by atomic mass is 10.1. The highest BCUT2D eigenvalue weighted by atomic mass is 32.1. The van der Waals surface area contributed by atoms with E-state index in [9.17, 15) is 9.90 Å². The van der Waals surface area contributed by atoms with Gasteiger partial charge in [-0.3, -0.25) is 4.79 Å². The van der Waals surface area contributed by atoms with Crippen LogP contribution in [-0.2, 0) is 4.79 Å². The van der Waals surface area contributed by atoms with Crippen molar-refractivity contribution in [1.82, 2.24) is 4.90 Å². The van der Waals surface area contributed by atoms with E-state index >= 15 is 0 Å². The minimum Gasteiger partial charge on any atom is -0.388 e. The fraction of sp³-hybridized carbons (Fsp3) is 0.545. The average molecular weight is 225 g/mol. The van der Waals surface area contributed by atoms with Gasteiger partial charge >= 0.3 is 0 Å². The molecule has 1 aromatic rings. The summed E-state index contributed by atoms with van der Waals surface area (Å²) in [7, 11) is 0. The van der Waals surface area contributed by atoms with Crippen LogP contribution in [0, 0.1) is 0 Å². The smallest absolute Gasteiger partial charge is 0.225 e. The third-order valence-electron chi connectivity index (χ3n) is 2.75. The van der Waals surface area contributed by atoms with Gasteiger partial charge in [0, 0.05) is 13.1 Å². The van der Waals surface area contributed by atoms with E-state index in [1.807, 2.05) is 21.7 Å². The summed E-state index contributed by atoms with van der Waals surface area (Å²) < 4.78 is 0. The maximum Gasteiger partial charge on any atom is 0.225 e. The summed E-state index contributed by atoms with van der Waals surface area (Å²) >= 11 is 1.54. The van der Waals surface area contributed by atoms with E-state index in [1.54, 1.807) is 11.3 Å². The second-order valence-electron chi connectivity index (χ2n) is 3.86. The molecule has 0 bridgehead atoms. The fourth-order valence-electron chi connectivity index (χ4n) is 1.84. The van der Waals surface area contributed by atoms with Crippen molar-refractivity contribution in [2.24, 2.45) is 0 Å².